The predicted octanol–water partition coefficient (Wildman–Crippen LogP) is 0.991. The number of rotatable bonds is 4. The number of morpholine rings is 1. The quantitative estimate of drug-likeness (QED) is 0.853. The van der Waals surface area contributed by atoms with Crippen molar-refractivity contribution in [2.24, 2.45) is 0 Å². The molecule has 1 unspecified atom stereocenters. The molecule has 0 saturated carbocycles. The van der Waals surface area contributed by atoms with Crippen molar-refractivity contribution in [3.8, 4) is 0 Å². The highest BCUT2D eigenvalue weighted by Crippen LogP contribution is 2.24. The van der Waals surface area contributed by atoms with E-state index in [1.807, 2.05) is 5.38 Å². The van der Waals surface area contributed by atoms with E-state index in [1.54, 1.807) is 5.51 Å². The molecule has 0 amide bonds. The van der Waals surface area contributed by atoms with Gasteiger partial charge in [-0.05, 0) is 0 Å². The molecule has 1 saturated heterocycles. The van der Waals surface area contributed by atoms with Crippen LogP contribution in [0.2, 0.25) is 0 Å². The highest BCUT2D eigenvalue weighted by molar-refractivity contribution is 7.07. The third-order valence-electron chi connectivity index (χ3n) is 2.65. The van der Waals surface area contributed by atoms with Gasteiger partial charge in [-0.15, -0.1) is 11.3 Å². The van der Waals surface area contributed by atoms with Gasteiger partial charge in [0.2, 0.25) is 0 Å². The molecule has 1 aromatic rings. The molecule has 2 heterocycles. The zero-order valence-electron chi connectivity index (χ0n) is 8.83. The van der Waals surface area contributed by atoms with E-state index in [0.29, 0.717) is 13.2 Å². The molecule has 6 heteroatoms. The number of hydrogen-bond acceptors (Lipinski definition) is 5. The Bertz CT molecular complexity index is 336. The summed E-state index contributed by atoms with van der Waals surface area (Å²) in [6.07, 6.45) is 0.101. The number of thiazole rings is 1. The minimum atomic E-state index is -0.788. The second kappa shape index (κ2) is 5.38. The van der Waals surface area contributed by atoms with E-state index in [4.69, 9.17) is 9.84 Å². The third kappa shape index (κ3) is 2.78. The topological polar surface area (TPSA) is 62.7 Å². The molecule has 1 atom stereocenters. The molecular weight excluding hydrogens is 228 g/mol. The van der Waals surface area contributed by atoms with Crippen molar-refractivity contribution >= 4 is 17.3 Å². The summed E-state index contributed by atoms with van der Waals surface area (Å²) in [5, 5.41) is 10.9. The number of carbonyl (C=O) groups is 1. The van der Waals surface area contributed by atoms with E-state index in [0.717, 1.165) is 18.8 Å². The van der Waals surface area contributed by atoms with Crippen LogP contribution in [0.5, 0.6) is 0 Å². The van der Waals surface area contributed by atoms with Gasteiger partial charge in [0.15, 0.2) is 0 Å². The summed E-state index contributed by atoms with van der Waals surface area (Å²) in [6, 6.07) is -0.118. The second-order valence-corrected chi connectivity index (χ2v) is 4.39. The first kappa shape index (κ1) is 11.5. The maximum absolute atomic E-state index is 10.9. The zero-order valence-corrected chi connectivity index (χ0v) is 9.65. The van der Waals surface area contributed by atoms with Crippen molar-refractivity contribution in [3.63, 3.8) is 0 Å². The SMILES string of the molecule is O=C(O)CC(c1cscn1)N1CCOCC1. The standard InChI is InChI=1S/C10H14N2O3S/c13-10(14)5-9(8-6-16-7-11-8)12-1-3-15-4-2-12/h6-7,9H,1-5H2,(H,13,14). The van der Waals surface area contributed by atoms with E-state index in [-0.39, 0.29) is 12.5 Å². The van der Waals surface area contributed by atoms with E-state index < -0.39 is 5.97 Å². The van der Waals surface area contributed by atoms with E-state index >= 15 is 0 Å². The first-order chi connectivity index (χ1) is 7.77. The Balaban J connectivity index is 2.10. The molecule has 0 radical (unpaired) electrons. The summed E-state index contributed by atoms with van der Waals surface area (Å²) in [6.45, 7) is 2.88. The van der Waals surface area contributed by atoms with Crippen molar-refractivity contribution in [2.45, 2.75) is 12.5 Å². The van der Waals surface area contributed by atoms with Gasteiger partial charge >= 0.3 is 5.97 Å². The zero-order chi connectivity index (χ0) is 11.4. The largest absolute Gasteiger partial charge is 0.481 e. The number of hydrogen-bond donors (Lipinski definition) is 1. The summed E-state index contributed by atoms with van der Waals surface area (Å²) >= 11 is 1.50. The van der Waals surface area contributed by atoms with Crippen LogP contribution in [-0.2, 0) is 9.53 Å². The highest BCUT2D eigenvalue weighted by Gasteiger charge is 2.26. The average Bonchev–Trinajstić information content (AvgIpc) is 2.80. The first-order valence-corrected chi connectivity index (χ1v) is 6.13. The summed E-state index contributed by atoms with van der Waals surface area (Å²) in [7, 11) is 0. The number of carboxylic acids is 1. The van der Waals surface area contributed by atoms with E-state index in [2.05, 4.69) is 9.88 Å². The van der Waals surface area contributed by atoms with Gasteiger partial charge < -0.3 is 9.84 Å². The fraction of sp³-hybridized carbons (Fsp3) is 0.600. The number of aromatic nitrogens is 1. The van der Waals surface area contributed by atoms with Crippen LogP contribution in [0.15, 0.2) is 10.9 Å². The number of nitrogens with zero attached hydrogens (tertiary/aromatic N) is 2. The fourth-order valence-electron chi connectivity index (χ4n) is 1.86. The summed E-state index contributed by atoms with van der Waals surface area (Å²) in [5.41, 5.74) is 2.60. The number of carboxylic acid groups (broad SMARTS) is 1. The van der Waals surface area contributed by atoms with Crippen LogP contribution in [0.3, 0.4) is 0 Å². The lowest BCUT2D eigenvalue weighted by Gasteiger charge is -2.32. The Morgan fingerprint density at radius 3 is 2.94 bits per heavy atom. The normalized spacial score (nSPS) is 19.5. The van der Waals surface area contributed by atoms with E-state index in [1.165, 1.54) is 11.3 Å². The lowest BCUT2D eigenvalue weighted by atomic mass is 10.1. The van der Waals surface area contributed by atoms with Gasteiger partial charge in [-0.25, -0.2) is 4.98 Å². The molecule has 16 heavy (non-hydrogen) atoms. The van der Waals surface area contributed by atoms with Crippen LogP contribution >= 0.6 is 11.3 Å². The first-order valence-electron chi connectivity index (χ1n) is 5.19. The predicted molar refractivity (Wildman–Crippen MR) is 59.5 cm³/mol. The van der Waals surface area contributed by atoms with Crippen LogP contribution in [0.1, 0.15) is 18.2 Å². The van der Waals surface area contributed by atoms with Gasteiger partial charge in [0.05, 0.1) is 36.9 Å². The molecule has 0 aliphatic carbocycles. The Morgan fingerprint density at radius 2 is 2.38 bits per heavy atom. The van der Waals surface area contributed by atoms with Gasteiger partial charge in [0.25, 0.3) is 0 Å². The van der Waals surface area contributed by atoms with Crippen LogP contribution in [0.4, 0.5) is 0 Å². The van der Waals surface area contributed by atoms with Crippen molar-refractivity contribution in [1.82, 2.24) is 9.88 Å². The maximum Gasteiger partial charge on any atom is 0.305 e. The maximum atomic E-state index is 10.9. The fourth-order valence-corrected chi connectivity index (χ4v) is 2.46. The van der Waals surface area contributed by atoms with Crippen molar-refractivity contribution in [1.29, 1.82) is 0 Å². The summed E-state index contributed by atoms with van der Waals surface area (Å²) in [4.78, 5) is 17.2. The Labute approximate surface area is 97.7 Å². The van der Waals surface area contributed by atoms with Crippen molar-refractivity contribution in [2.75, 3.05) is 26.3 Å². The lowest BCUT2D eigenvalue weighted by Crippen LogP contribution is -2.40. The molecule has 1 N–H and O–H groups in total. The summed E-state index contributed by atoms with van der Waals surface area (Å²) in [5.74, 6) is -0.788. The van der Waals surface area contributed by atoms with Crippen LogP contribution in [-0.4, -0.2) is 47.3 Å². The number of aliphatic carboxylic acids is 1. The highest BCUT2D eigenvalue weighted by atomic mass is 32.1. The van der Waals surface area contributed by atoms with Crippen LogP contribution < -0.4 is 0 Å². The molecule has 2 rings (SSSR count). The van der Waals surface area contributed by atoms with Gasteiger partial charge in [-0.1, -0.05) is 0 Å². The molecule has 1 aromatic heterocycles. The monoisotopic (exact) mass is 242 g/mol. The van der Waals surface area contributed by atoms with Crippen LogP contribution in [0, 0.1) is 0 Å². The van der Waals surface area contributed by atoms with Crippen LogP contribution in [0.25, 0.3) is 0 Å². The molecule has 0 aromatic carbocycles. The molecule has 5 nitrogen and oxygen atoms in total. The second-order valence-electron chi connectivity index (χ2n) is 3.68. The Hall–Kier alpha value is -0.980. The Morgan fingerprint density at radius 1 is 1.62 bits per heavy atom. The Kier molecular flexibility index (Phi) is 3.87. The van der Waals surface area contributed by atoms with Gasteiger partial charge in [0, 0.05) is 18.5 Å². The molecule has 1 fully saturated rings. The minimum Gasteiger partial charge on any atom is -0.481 e. The number of ether oxygens (including phenoxy) is 1. The molecule has 1 aliphatic heterocycles. The minimum absolute atomic E-state index is 0.101. The third-order valence-corrected chi connectivity index (χ3v) is 3.25. The van der Waals surface area contributed by atoms with Gasteiger partial charge in [-0.3, -0.25) is 9.69 Å². The molecular formula is C10H14N2O3S. The van der Waals surface area contributed by atoms with Gasteiger partial charge in [0.1, 0.15) is 0 Å². The van der Waals surface area contributed by atoms with E-state index in [9.17, 15) is 4.79 Å². The molecule has 88 valence electrons. The van der Waals surface area contributed by atoms with Crippen molar-refractivity contribution < 1.29 is 14.6 Å². The smallest absolute Gasteiger partial charge is 0.305 e. The average molecular weight is 242 g/mol. The summed E-state index contributed by atoms with van der Waals surface area (Å²) < 4.78 is 5.27. The lowest BCUT2D eigenvalue weighted by molar-refractivity contribution is -0.139. The van der Waals surface area contributed by atoms with Crippen molar-refractivity contribution in [3.05, 3.63) is 16.6 Å². The molecule has 1 aliphatic rings. The molecule has 0 spiro atoms. The molecule has 0 bridgehead atoms. The van der Waals surface area contributed by atoms with Gasteiger partial charge in [-0.2, -0.15) is 0 Å².